The molecule has 0 radical (unpaired) electrons. The first-order valence-corrected chi connectivity index (χ1v) is 12.9. The fourth-order valence-corrected chi connectivity index (χ4v) is 4.92. The smallest absolute Gasteiger partial charge is 0.338 e. The van der Waals surface area contributed by atoms with Crippen molar-refractivity contribution in [1.29, 1.82) is 0 Å². The minimum Gasteiger partial charge on any atom is -0.463 e. The zero-order valence-electron chi connectivity index (χ0n) is 22.1. The summed E-state index contributed by atoms with van der Waals surface area (Å²) < 4.78 is 5.45. The maximum absolute atomic E-state index is 13.2. The molecule has 0 aromatic heterocycles. The summed E-state index contributed by atoms with van der Waals surface area (Å²) in [5.74, 6) is -0.399. The van der Waals surface area contributed by atoms with E-state index in [2.05, 4.69) is 10.2 Å². The van der Waals surface area contributed by atoms with E-state index in [9.17, 15) is 14.4 Å². The molecule has 8 heteroatoms. The summed E-state index contributed by atoms with van der Waals surface area (Å²) in [5.41, 5.74) is 4.78. The fourth-order valence-electron chi connectivity index (χ4n) is 4.92. The Balaban J connectivity index is 1.59. The monoisotopic (exact) mass is 504 g/mol. The van der Waals surface area contributed by atoms with E-state index in [1.807, 2.05) is 67.3 Å². The SMILES string of the molecule is CCOC(=O)C1=C(CN2CCCN(C(=O)c3ccc(C)cc3)CC2)N(C)C(=O)NC1c1cccc(C)c1. The Morgan fingerprint density at radius 3 is 2.46 bits per heavy atom. The molecule has 0 aliphatic carbocycles. The number of likely N-dealkylation sites (N-methyl/N-ethyl adjacent to an activating group) is 1. The number of hydrogen-bond donors (Lipinski definition) is 1. The number of urea groups is 1. The molecule has 0 bridgehead atoms. The summed E-state index contributed by atoms with van der Waals surface area (Å²) in [5, 5.41) is 2.98. The van der Waals surface area contributed by atoms with Crippen molar-refractivity contribution >= 4 is 17.9 Å². The van der Waals surface area contributed by atoms with Crippen LogP contribution in [0.2, 0.25) is 0 Å². The van der Waals surface area contributed by atoms with Crippen LogP contribution in [0.3, 0.4) is 0 Å². The van der Waals surface area contributed by atoms with Gasteiger partial charge in [-0.05, 0) is 44.9 Å². The Morgan fingerprint density at radius 1 is 1.00 bits per heavy atom. The molecule has 196 valence electrons. The van der Waals surface area contributed by atoms with Gasteiger partial charge >= 0.3 is 12.0 Å². The largest absolute Gasteiger partial charge is 0.463 e. The summed E-state index contributed by atoms with van der Waals surface area (Å²) in [6.45, 7) is 9.05. The molecule has 1 unspecified atom stereocenters. The van der Waals surface area contributed by atoms with E-state index >= 15 is 0 Å². The number of aryl methyl sites for hydroxylation is 2. The average Bonchev–Trinajstić information content (AvgIpc) is 3.12. The van der Waals surface area contributed by atoms with Gasteiger partial charge in [-0.3, -0.25) is 14.6 Å². The quantitative estimate of drug-likeness (QED) is 0.607. The standard InChI is InChI=1S/C29H36N4O4/c1-5-37-28(35)25-24(31(4)29(36)30-26(25)23-9-6-8-21(3)18-23)19-32-14-7-15-33(17-16-32)27(34)22-12-10-20(2)11-13-22/h6,8-13,18,26H,5,7,14-17,19H2,1-4H3,(H,30,36). The van der Waals surface area contributed by atoms with E-state index in [4.69, 9.17) is 4.74 Å². The highest BCUT2D eigenvalue weighted by molar-refractivity contribution is 5.95. The van der Waals surface area contributed by atoms with E-state index in [1.165, 1.54) is 4.90 Å². The second-order valence-corrected chi connectivity index (χ2v) is 9.72. The third kappa shape index (κ3) is 6.02. The summed E-state index contributed by atoms with van der Waals surface area (Å²) in [6.07, 6.45) is 0.802. The first kappa shape index (κ1) is 26.4. The van der Waals surface area contributed by atoms with Gasteiger partial charge in [0, 0.05) is 51.0 Å². The fraction of sp³-hybridized carbons (Fsp3) is 0.414. The van der Waals surface area contributed by atoms with Crippen LogP contribution in [0, 0.1) is 13.8 Å². The molecule has 1 N–H and O–H groups in total. The van der Waals surface area contributed by atoms with Crippen molar-refractivity contribution in [3.05, 3.63) is 82.1 Å². The lowest BCUT2D eigenvalue weighted by atomic mass is 9.93. The highest BCUT2D eigenvalue weighted by Gasteiger charge is 2.37. The maximum Gasteiger partial charge on any atom is 0.338 e. The number of esters is 1. The lowest BCUT2D eigenvalue weighted by molar-refractivity contribution is -0.139. The van der Waals surface area contributed by atoms with E-state index in [0.717, 1.165) is 29.7 Å². The molecule has 2 aliphatic rings. The number of rotatable bonds is 6. The van der Waals surface area contributed by atoms with Gasteiger partial charge in [-0.15, -0.1) is 0 Å². The van der Waals surface area contributed by atoms with Crippen LogP contribution in [0.15, 0.2) is 59.8 Å². The molecule has 0 spiro atoms. The van der Waals surface area contributed by atoms with E-state index in [-0.39, 0.29) is 18.5 Å². The Morgan fingerprint density at radius 2 is 1.76 bits per heavy atom. The van der Waals surface area contributed by atoms with Gasteiger partial charge in [-0.2, -0.15) is 0 Å². The van der Waals surface area contributed by atoms with Crippen molar-refractivity contribution in [2.45, 2.75) is 33.2 Å². The van der Waals surface area contributed by atoms with Crippen molar-refractivity contribution in [3.63, 3.8) is 0 Å². The van der Waals surface area contributed by atoms with Crippen LogP contribution in [-0.2, 0) is 9.53 Å². The lowest BCUT2D eigenvalue weighted by Gasteiger charge is -2.36. The summed E-state index contributed by atoms with van der Waals surface area (Å²) in [7, 11) is 1.68. The zero-order valence-corrected chi connectivity index (χ0v) is 22.1. The molecule has 0 saturated carbocycles. The molecular formula is C29H36N4O4. The topological polar surface area (TPSA) is 82.2 Å². The van der Waals surface area contributed by atoms with Crippen molar-refractivity contribution < 1.29 is 19.1 Å². The van der Waals surface area contributed by atoms with E-state index < -0.39 is 12.0 Å². The number of carbonyl (C=O) groups excluding carboxylic acids is 3. The number of ether oxygens (including phenoxy) is 1. The van der Waals surface area contributed by atoms with Crippen molar-refractivity contribution in [1.82, 2.24) is 20.0 Å². The molecule has 1 atom stereocenters. The molecule has 1 fully saturated rings. The summed E-state index contributed by atoms with van der Waals surface area (Å²) in [6, 6.07) is 14.6. The lowest BCUT2D eigenvalue weighted by Crippen LogP contribution is -2.49. The van der Waals surface area contributed by atoms with E-state index in [1.54, 1.807) is 14.0 Å². The molecule has 8 nitrogen and oxygen atoms in total. The number of nitrogens with zero attached hydrogens (tertiary/aromatic N) is 3. The molecule has 2 heterocycles. The molecule has 2 aliphatic heterocycles. The van der Waals surface area contributed by atoms with Crippen LogP contribution in [0.5, 0.6) is 0 Å². The maximum atomic E-state index is 13.2. The van der Waals surface area contributed by atoms with Crippen LogP contribution in [-0.4, -0.2) is 79.0 Å². The molecular weight excluding hydrogens is 468 g/mol. The van der Waals surface area contributed by atoms with Crippen molar-refractivity contribution in [3.8, 4) is 0 Å². The van der Waals surface area contributed by atoms with Gasteiger partial charge in [-0.1, -0.05) is 47.5 Å². The molecule has 4 rings (SSSR count). The number of benzene rings is 2. The molecule has 2 aromatic carbocycles. The van der Waals surface area contributed by atoms with Crippen LogP contribution >= 0.6 is 0 Å². The number of carbonyl (C=O) groups is 3. The van der Waals surface area contributed by atoms with Crippen LogP contribution in [0.25, 0.3) is 0 Å². The number of amides is 3. The third-order valence-electron chi connectivity index (χ3n) is 7.00. The highest BCUT2D eigenvalue weighted by atomic mass is 16.5. The summed E-state index contributed by atoms with van der Waals surface area (Å²) in [4.78, 5) is 44.9. The van der Waals surface area contributed by atoms with Gasteiger partial charge in [0.1, 0.15) is 0 Å². The van der Waals surface area contributed by atoms with Gasteiger partial charge in [0.25, 0.3) is 5.91 Å². The normalized spacial score (nSPS) is 18.9. The van der Waals surface area contributed by atoms with Gasteiger partial charge in [-0.25, -0.2) is 9.59 Å². The Bertz CT molecular complexity index is 1190. The first-order valence-electron chi connectivity index (χ1n) is 12.9. The average molecular weight is 505 g/mol. The minimum absolute atomic E-state index is 0.0296. The van der Waals surface area contributed by atoms with Crippen LogP contribution in [0.4, 0.5) is 4.79 Å². The minimum atomic E-state index is -0.593. The molecule has 1 saturated heterocycles. The predicted molar refractivity (Wildman–Crippen MR) is 142 cm³/mol. The van der Waals surface area contributed by atoms with Gasteiger partial charge in [0.2, 0.25) is 0 Å². The second-order valence-electron chi connectivity index (χ2n) is 9.72. The molecule has 37 heavy (non-hydrogen) atoms. The Kier molecular flexibility index (Phi) is 8.28. The third-order valence-corrected chi connectivity index (χ3v) is 7.00. The molecule has 3 amide bonds. The van der Waals surface area contributed by atoms with Crippen LogP contribution < -0.4 is 5.32 Å². The van der Waals surface area contributed by atoms with Gasteiger partial charge < -0.3 is 15.0 Å². The van der Waals surface area contributed by atoms with Crippen molar-refractivity contribution in [2.75, 3.05) is 46.4 Å². The second kappa shape index (κ2) is 11.6. The first-order chi connectivity index (χ1) is 17.8. The van der Waals surface area contributed by atoms with Crippen molar-refractivity contribution in [2.24, 2.45) is 0 Å². The van der Waals surface area contributed by atoms with Crippen LogP contribution in [0.1, 0.15) is 46.4 Å². The zero-order chi connectivity index (χ0) is 26.5. The number of hydrogen-bond acceptors (Lipinski definition) is 5. The molecule has 2 aromatic rings. The van der Waals surface area contributed by atoms with Gasteiger partial charge in [0.05, 0.1) is 18.2 Å². The number of nitrogens with one attached hydrogen (secondary N) is 1. The van der Waals surface area contributed by atoms with E-state index in [0.29, 0.717) is 43.0 Å². The predicted octanol–water partition coefficient (Wildman–Crippen LogP) is 3.66. The Hall–Kier alpha value is -3.65. The highest BCUT2D eigenvalue weighted by Crippen LogP contribution is 2.32. The van der Waals surface area contributed by atoms with Gasteiger partial charge in [0.15, 0.2) is 0 Å². The Labute approximate surface area is 218 Å². The summed E-state index contributed by atoms with van der Waals surface area (Å²) >= 11 is 0.